The van der Waals surface area contributed by atoms with Gasteiger partial charge in [-0.1, -0.05) is 29.3 Å². The van der Waals surface area contributed by atoms with E-state index in [0.29, 0.717) is 16.5 Å². The number of halogens is 2. The molecule has 3 N–H and O–H groups in total. The third-order valence-electron chi connectivity index (χ3n) is 4.75. The molecule has 3 aromatic heterocycles. The number of aryl methyl sites for hydroxylation is 1. The molecule has 1 aromatic carbocycles. The van der Waals surface area contributed by atoms with Crippen LogP contribution in [0.3, 0.4) is 0 Å². The predicted octanol–water partition coefficient (Wildman–Crippen LogP) is 3.11. The van der Waals surface area contributed by atoms with Gasteiger partial charge in [-0.2, -0.15) is 0 Å². The normalized spacial score (nSPS) is 11.1. The average Bonchev–Trinajstić information content (AvgIpc) is 3.10. The molecule has 9 nitrogen and oxygen atoms in total. The number of rotatable bonds is 4. The minimum Gasteiger partial charge on any atom is -0.477 e. The van der Waals surface area contributed by atoms with Gasteiger partial charge in [-0.25, -0.2) is 14.8 Å². The van der Waals surface area contributed by atoms with Crippen molar-refractivity contribution in [1.29, 1.82) is 0 Å². The van der Waals surface area contributed by atoms with Crippen molar-refractivity contribution in [1.82, 2.24) is 19.3 Å². The SMILES string of the molecule is COn1c(=O)c(-c2c(Cl)cccc2Cl)cc2c(N)nc(-c3cc(C(=O)O)n(C)c3)nc21. The Kier molecular flexibility index (Phi) is 5.08. The van der Waals surface area contributed by atoms with Crippen LogP contribution in [0.1, 0.15) is 10.5 Å². The van der Waals surface area contributed by atoms with Crippen LogP contribution >= 0.6 is 23.2 Å². The minimum atomic E-state index is -1.10. The molecule has 0 aliphatic heterocycles. The summed E-state index contributed by atoms with van der Waals surface area (Å²) >= 11 is 12.6. The van der Waals surface area contributed by atoms with Crippen LogP contribution in [0.5, 0.6) is 0 Å². The summed E-state index contributed by atoms with van der Waals surface area (Å²) in [5.74, 6) is -0.893. The Bertz CT molecular complexity index is 1410. The van der Waals surface area contributed by atoms with E-state index in [-0.39, 0.29) is 38.6 Å². The first-order chi connectivity index (χ1) is 14.7. The van der Waals surface area contributed by atoms with Crippen molar-refractivity contribution < 1.29 is 14.7 Å². The maximum Gasteiger partial charge on any atom is 0.352 e. The van der Waals surface area contributed by atoms with Gasteiger partial charge in [-0.3, -0.25) is 4.79 Å². The summed E-state index contributed by atoms with van der Waals surface area (Å²) in [6.45, 7) is 0. The van der Waals surface area contributed by atoms with Gasteiger partial charge in [0.1, 0.15) is 18.6 Å². The number of pyridine rings is 1. The first-order valence-electron chi connectivity index (χ1n) is 8.85. The number of nitrogen functional groups attached to an aromatic ring is 1. The van der Waals surface area contributed by atoms with Crippen molar-refractivity contribution >= 4 is 46.0 Å². The molecule has 0 bridgehead atoms. The molecule has 3 heterocycles. The van der Waals surface area contributed by atoms with Gasteiger partial charge in [0.2, 0.25) is 0 Å². The van der Waals surface area contributed by atoms with E-state index in [1.807, 2.05) is 0 Å². The summed E-state index contributed by atoms with van der Waals surface area (Å²) in [5.41, 5.74) is 6.72. The zero-order valence-electron chi connectivity index (χ0n) is 16.3. The zero-order chi connectivity index (χ0) is 22.4. The van der Waals surface area contributed by atoms with Crippen molar-refractivity contribution in [3.05, 3.63) is 62.6 Å². The van der Waals surface area contributed by atoms with E-state index in [9.17, 15) is 14.7 Å². The van der Waals surface area contributed by atoms with Gasteiger partial charge < -0.3 is 20.2 Å². The van der Waals surface area contributed by atoms with Crippen LogP contribution in [0, 0.1) is 0 Å². The summed E-state index contributed by atoms with van der Waals surface area (Å²) in [5, 5.41) is 10.2. The molecule has 0 saturated carbocycles. The number of benzene rings is 1. The fourth-order valence-electron chi connectivity index (χ4n) is 3.31. The number of nitrogens with two attached hydrogens (primary N) is 1. The number of aromatic carboxylic acids is 1. The van der Waals surface area contributed by atoms with Crippen LogP contribution in [-0.2, 0) is 7.05 Å². The second-order valence-electron chi connectivity index (χ2n) is 6.64. The Hall–Kier alpha value is -3.56. The van der Waals surface area contributed by atoms with E-state index in [2.05, 4.69) is 9.97 Å². The highest BCUT2D eigenvalue weighted by molar-refractivity contribution is 6.39. The number of carboxylic acid groups (broad SMARTS) is 1. The summed E-state index contributed by atoms with van der Waals surface area (Å²) in [6, 6.07) is 7.81. The maximum absolute atomic E-state index is 13.2. The van der Waals surface area contributed by atoms with Crippen molar-refractivity contribution in [3.8, 4) is 22.5 Å². The molecule has 158 valence electrons. The third kappa shape index (κ3) is 3.37. The summed E-state index contributed by atoms with van der Waals surface area (Å²) in [4.78, 5) is 38.5. The van der Waals surface area contributed by atoms with Crippen LogP contribution in [0.2, 0.25) is 10.0 Å². The molecule has 0 aliphatic carbocycles. The zero-order valence-corrected chi connectivity index (χ0v) is 17.8. The van der Waals surface area contributed by atoms with E-state index < -0.39 is 11.5 Å². The van der Waals surface area contributed by atoms with Gasteiger partial charge in [0.25, 0.3) is 5.56 Å². The van der Waals surface area contributed by atoms with E-state index in [1.54, 1.807) is 31.4 Å². The molecule has 0 unspecified atom stereocenters. The second kappa shape index (κ2) is 7.60. The van der Waals surface area contributed by atoms with Crippen LogP contribution in [-0.4, -0.2) is 37.5 Å². The minimum absolute atomic E-state index is 0.0464. The molecule has 0 saturated heterocycles. The summed E-state index contributed by atoms with van der Waals surface area (Å²) in [6.07, 6.45) is 1.55. The maximum atomic E-state index is 13.2. The molecular formula is C20H15Cl2N5O4. The third-order valence-corrected chi connectivity index (χ3v) is 5.38. The molecule has 0 atom stereocenters. The topological polar surface area (TPSA) is 125 Å². The largest absolute Gasteiger partial charge is 0.477 e. The van der Waals surface area contributed by atoms with Crippen molar-refractivity contribution in [2.75, 3.05) is 12.8 Å². The van der Waals surface area contributed by atoms with E-state index >= 15 is 0 Å². The van der Waals surface area contributed by atoms with Crippen LogP contribution in [0.25, 0.3) is 33.5 Å². The van der Waals surface area contributed by atoms with E-state index in [0.717, 1.165) is 4.73 Å². The molecule has 0 fully saturated rings. The molecule has 4 aromatic rings. The Morgan fingerprint density at radius 1 is 1.19 bits per heavy atom. The quantitative estimate of drug-likeness (QED) is 0.479. The Morgan fingerprint density at radius 2 is 1.87 bits per heavy atom. The number of hydrogen-bond donors (Lipinski definition) is 2. The first kappa shape index (κ1) is 20.7. The molecule has 11 heteroatoms. The van der Waals surface area contributed by atoms with Crippen molar-refractivity contribution in [2.45, 2.75) is 0 Å². The Morgan fingerprint density at radius 3 is 2.45 bits per heavy atom. The monoisotopic (exact) mass is 459 g/mol. The highest BCUT2D eigenvalue weighted by Gasteiger charge is 2.21. The predicted molar refractivity (Wildman–Crippen MR) is 118 cm³/mol. The van der Waals surface area contributed by atoms with Gasteiger partial charge in [-0.15, -0.1) is 4.73 Å². The van der Waals surface area contributed by atoms with Gasteiger partial charge in [0.05, 0.1) is 21.0 Å². The summed E-state index contributed by atoms with van der Waals surface area (Å²) < 4.78 is 2.39. The number of fused-ring (bicyclic) bond motifs is 1. The molecule has 0 amide bonds. The van der Waals surface area contributed by atoms with Crippen LogP contribution in [0.4, 0.5) is 5.82 Å². The number of aromatic nitrogens is 4. The van der Waals surface area contributed by atoms with E-state index in [1.165, 1.54) is 23.8 Å². The molecule has 0 aliphatic rings. The van der Waals surface area contributed by atoms with E-state index in [4.69, 9.17) is 33.8 Å². The fraction of sp³-hybridized carbons (Fsp3) is 0.100. The van der Waals surface area contributed by atoms with Crippen LogP contribution in [0.15, 0.2) is 41.3 Å². The van der Waals surface area contributed by atoms with Gasteiger partial charge in [-0.05, 0) is 24.3 Å². The molecular weight excluding hydrogens is 445 g/mol. The number of carboxylic acids is 1. The lowest BCUT2D eigenvalue weighted by molar-refractivity contribution is 0.0686. The summed E-state index contributed by atoms with van der Waals surface area (Å²) in [7, 11) is 2.89. The van der Waals surface area contributed by atoms with Crippen molar-refractivity contribution in [2.24, 2.45) is 7.05 Å². The van der Waals surface area contributed by atoms with Gasteiger partial charge in [0, 0.05) is 24.4 Å². The number of nitrogens with zero attached hydrogens (tertiary/aromatic N) is 4. The lowest BCUT2D eigenvalue weighted by Crippen LogP contribution is -2.27. The average molecular weight is 460 g/mol. The van der Waals surface area contributed by atoms with Crippen molar-refractivity contribution in [3.63, 3.8) is 0 Å². The molecule has 4 rings (SSSR count). The van der Waals surface area contributed by atoms with Gasteiger partial charge >= 0.3 is 5.97 Å². The Labute approximate surface area is 185 Å². The Balaban J connectivity index is 2.02. The lowest BCUT2D eigenvalue weighted by atomic mass is 10.1. The number of anilines is 1. The molecule has 0 spiro atoms. The highest BCUT2D eigenvalue weighted by Crippen LogP contribution is 2.34. The van der Waals surface area contributed by atoms with Gasteiger partial charge in [0.15, 0.2) is 11.5 Å². The second-order valence-corrected chi connectivity index (χ2v) is 7.45. The molecule has 0 radical (unpaired) electrons. The number of hydrogen-bond acceptors (Lipinski definition) is 6. The first-order valence-corrected chi connectivity index (χ1v) is 9.60. The lowest BCUT2D eigenvalue weighted by Gasteiger charge is -2.14. The number of carbonyl (C=O) groups is 1. The smallest absolute Gasteiger partial charge is 0.352 e. The standard InChI is InChI=1S/C20H15Cl2N5O4/c1-26-8-9(6-14(26)20(29)30)17-24-16(23)11-7-10(15-12(21)4-3-5-13(15)22)19(28)27(31-2)18(11)25-17/h3-8H,1-2H3,(H,29,30)(H2,23,24,25). The van der Waals surface area contributed by atoms with Crippen LogP contribution < -0.4 is 16.1 Å². The highest BCUT2D eigenvalue weighted by atomic mass is 35.5. The fourth-order valence-corrected chi connectivity index (χ4v) is 3.91. The molecule has 31 heavy (non-hydrogen) atoms.